The number of amides is 1. The molecule has 0 aliphatic carbocycles. The number of halogens is 2. The Hall–Kier alpha value is -2.53. The summed E-state index contributed by atoms with van der Waals surface area (Å²) < 4.78 is 41.8. The van der Waals surface area contributed by atoms with Crippen molar-refractivity contribution < 1.29 is 17.6 Å². The maximum absolute atomic E-state index is 13.8. The zero-order chi connectivity index (χ0) is 26.0. The molecule has 2 aliphatic rings. The molecule has 2 fully saturated rings. The molecule has 0 saturated carbocycles. The summed E-state index contributed by atoms with van der Waals surface area (Å²) in [6, 6.07) is 10.0. The van der Waals surface area contributed by atoms with Gasteiger partial charge < -0.3 is 9.80 Å². The Morgan fingerprint density at radius 2 is 1.97 bits per heavy atom. The SMILES string of the molecule is O=C(C1CCN(c2ccnc3ccc(F)cc23)CC1)N1CC[C@H](CNS(=O)(=O)/C=C/c2ccc(Cl)s2)C1. The molecule has 2 aliphatic heterocycles. The molecular weight excluding hydrogens is 535 g/mol. The summed E-state index contributed by atoms with van der Waals surface area (Å²) in [5.74, 6) is -0.121. The van der Waals surface area contributed by atoms with Gasteiger partial charge in [-0.1, -0.05) is 11.6 Å². The molecule has 1 amide bonds. The number of rotatable bonds is 7. The predicted octanol–water partition coefficient (Wildman–Crippen LogP) is 4.74. The molecule has 37 heavy (non-hydrogen) atoms. The molecule has 4 heterocycles. The molecule has 1 aromatic carbocycles. The van der Waals surface area contributed by atoms with E-state index >= 15 is 0 Å². The third-order valence-electron chi connectivity index (χ3n) is 7.04. The molecular formula is C26H28ClFN4O3S2. The van der Waals surface area contributed by atoms with E-state index in [4.69, 9.17) is 11.6 Å². The summed E-state index contributed by atoms with van der Waals surface area (Å²) >= 11 is 7.19. The van der Waals surface area contributed by atoms with E-state index < -0.39 is 10.0 Å². The summed E-state index contributed by atoms with van der Waals surface area (Å²) in [4.78, 5) is 22.4. The molecule has 11 heteroatoms. The highest BCUT2D eigenvalue weighted by Crippen LogP contribution is 2.31. The van der Waals surface area contributed by atoms with Gasteiger partial charge in [0, 0.05) is 66.2 Å². The van der Waals surface area contributed by atoms with Crippen molar-refractivity contribution >= 4 is 61.5 Å². The molecule has 0 bridgehead atoms. The van der Waals surface area contributed by atoms with Crippen molar-refractivity contribution in [2.24, 2.45) is 11.8 Å². The van der Waals surface area contributed by atoms with Crippen LogP contribution in [-0.4, -0.2) is 56.9 Å². The first-order chi connectivity index (χ1) is 17.8. The van der Waals surface area contributed by atoms with Gasteiger partial charge in [0.2, 0.25) is 15.9 Å². The number of anilines is 1. The van der Waals surface area contributed by atoms with Crippen molar-refractivity contribution in [2.45, 2.75) is 19.3 Å². The normalized spacial score (nSPS) is 19.4. The first-order valence-corrected chi connectivity index (χ1v) is 15.0. The van der Waals surface area contributed by atoms with Crippen LogP contribution < -0.4 is 9.62 Å². The fourth-order valence-electron chi connectivity index (χ4n) is 5.06. The lowest BCUT2D eigenvalue weighted by Gasteiger charge is -2.35. The van der Waals surface area contributed by atoms with Crippen molar-refractivity contribution in [3.63, 3.8) is 0 Å². The van der Waals surface area contributed by atoms with Crippen molar-refractivity contribution in [3.05, 3.63) is 63.0 Å². The van der Waals surface area contributed by atoms with E-state index in [2.05, 4.69) is 14.6 Å². The van der Waals surface area contributed by atoms with E-state index in [1.807, 2.05) is 11.0 Å². The molecule has 0 radical (unpaired) electrons. The summed E-state index contributed by atoms with van der Waals surface area (Å²) in [6.07, 6.45) is 5.48. The number of likely N-dealkylation sites (tertiary alicyclic amines) is 1. The fraction of sp³-hybridized carbons (Fsp3) is 0.385. The number of aromatic nitrogens is 1. The van der Waals surface area contributed by atoms with Gasteiger partial charge in [0.1, 0.15) is 5.82 Å². The van der Waals surface area contributed by atoms with Gasteiger partial charge >= 0.3 is 0 Å². The van der Waals surface area contributed by atoms with Gasteiger partial charge in [0.15, 0.2) is 0 Å². The first kappa shape index (κ1) is 26.1. The van der Waals surface area contributed by atoms with E-state index in [9.17, 15) is 17.6 Å². The van der Waals surface area contributed by atoms with Crippen LogP contribution in [0.5, 0.6) is 0 Å². The Bertz CT molecular complexity index is 1420. The van der Waals surface area contributed by atoms with E-state index in [0.717, 1.165) is 46.1 Å². The number of nitrogens with one attached hydrogen (secondary N) is 1. The Kier molecular flexibility index (Phi) is 7.80. The molecule has 3 aromatic rings. The quantitative estimate of drug-likeness (QED) is 0.449. The van der Waals surface area contributed by atoms with Crippen LogP contribution in [0.1, 0.15) is 24.1 Å². The van der Waals surface area contributed by atoms with E-state index in [-0.39, 0.29) is 23.6 Å². The number of pyridine rings is 1. The van der Waals surface area contributed by atoms with Crippen LogP contribution in [0, 0.1) is 17.7 Å². The average Bonchev–Trinajstić information content (AvgIpc) is 3.55. The summed E-state index contributed by atoms with van der Waals surface area (Å²) in [5.41, 5.74) is 1.70. The van der Waals surface area contributed by atoms with E-state index in [1.165, 1.54) is 29.5 Å². The number of benzene rings is 1. The van der Waals surface area contributed by atoms with Gasteiger partial charge in [-0.25, -0.2) is 17.5 Å². The summed E-state index contributed by atoms with van der Waals surface area (Å²) in [6.45, 7) is 2.92. The van der Waals surface area contributed by atoms with Gasteiger partial charge in [-0.2, -0.15) is 0 Å². The van der Waals surface area contributed by atoms with Crippen molar-refractivity contribution in [2.75, 3.05) is 37.6 Å². The van der Waals surface area contributed by atoms with Crippen LogP contribution >= 0.6 is 22.9 Å². The van der Waals surface area contributed by atoms with Crippen molar-refractivity contribution in [1.82, 2.24) is 14.6 Å². The maximum atomic E-state index is 13.8. The minimum atomic E-state index is -3.57. The number of thiophene rings is 1. The summed E-state index contributed by atoms with van der Waals surface area (Å²) in [7, 11) is -3.57. The largest absolute Gasteiger partial charge is 0.371 e. The number of carbonyl (C=O) groups excluding carboxylic acids is 1. The van der Waals surface area contributed by atoms with Crippen LogP contribution in [0.4, 0.5) is 10.1 Å². The lowest BCUT2D eigenvalue weighted by atomic mass is 9.94. The van der Waals surface area contributed by atoms with Crippen LogP contribution in [-0.2, 0) is 14.8 Å². The second-order valence-corrected chi connectivity index (χ2v) is 12.9. The predicted molar refractivity (Wildman–Crippen MR) is 147 cm³/mol. The van der Waals surface area contributed by atoms with Crippen molar-refractivity contribution in [3.8, 4) is 0 Å². The third-order valence-corrected chi connectivity index (χ3v) is 9.30. The smallest absolute Gasteiger partial charge is 0.233 e. The number of hydrogen-bond donors (Lipinski definition) is 1. The molecule has 0 unspecified atom stereocenters. The Morgan fingerprint density at radius 1 is 1.16 bits per heavy atom. The van der Waals surface area contributed by atoms with Gasteiger partial charge in [0.25, 0.3) is 0 Å². The van der Waals surface area contributed by atoms with Crippen molar-refractivity contribution in [1.29, 1.82) is 0 Å². The molecule has 0 spiro atoms. The second kappa shape index (κ2) is 11.1. The number of piperidine rings is 1. The number of nitrogens with zero attached hydrogens (tertiary/aromatic N) is 3. The lowest BCUT2D eigenvalue weighted by Crippen LogP contribution is -2.42. The Morgan fingerprint density at radius 3 is 2.73 bits per heavy atom. The zero-order valence-electron chi connectivity index (χ0n) is 20.1. The molecule has 2 aromatic heterocycles. The Balaban J connectivity index is 1.11. The van der Waals surface area contributed by atoms with Crippen LogP contribution in [0.2, 0.25) is 4.34 Å². The van der Waals surface area contributed by atoms with Gasteiger partial charge in [-0.3, -0.25) is 9.78 Å². The van der Waals surface area contributed by atoms with Crippen LogP contribution in [0.25, 0.3) is 17.0 Å². The first-order valence-electron chi connectivity index (χ1n) is 12.3. The van der Waals surface area contributed by atoms with Crippen LogP contribution in [0.3, 0.4) is 0 Å². The van der Waals surface area contributed by atoms with Crippen LogP contribution in [0.15, 0.2) is 48.0 Å². The lowest BCUT2D eigenvalue weighted by molar-refractivity contribution is -0.135. The fourth-order valence-corrected chi connectivity index (χ4v) is 7.00. The van der Waals surface area contributed by atoms with Gasteiger partial charge in [0.05, 0.1) is 9.85 Å². The molecule has 196 valence electrons. The monoisotopic (exact) mass is 562 g/mol. The third kappa shape index (κ3) is 6.31. The number of hydrogen-bond acceptors (Lipinski definition) is 6. The topological polar surface area (TPSA) is 82.6 Å². The van der Waals surface area contributed by atoms with E-state index in [0.29, 0.717) is 37.1 Å². The average molecular weight is 563 g/mol. The minimum absolute atomic E-state index is 0.0583. The highest BCUT2D eigenvalue weighted by Gasteiger charge is 2.33. The number of sulfonamides is 1. The summed E-state index contributed by atoms with van der Waals surface area (Å²) in [5, 5.41) is 1.94. The maximum Gasteiger partial charge on any atom is 0.233 e. The minimum Gasteiger partial charge on any atom is -0.371 e. The number of fused-ring (bicyclic) bond motifs is 1. The molecule has 5 rings (SSSR count). The molecule has 2 saturated heterocycles. The van der Waals surface area contributed by atoms with Gasteiger partial charge in [-0.15, -0.1) is 11.3 Å². The molecule has 7 nitrogen and oxygen atoms in total. The highest BCUT2D eigenvalue weighted by atomic mass is 35.5. The zero-order valence-corrected chi connectivity index (χ0v) is 22.5. The number of carbonyl (C=O) groups is 1. The second-order valence-electron chi connectivity index (χ2n) is 9.53. The van der Waals surface area contributed by atoms with E-state index in [1.54, 1.807) is 24.4 Å². The Labute approximate surface area is 225 Å². The van der Waals surface area contributed by atoms with Gasteiger partial charge in [-0.05, 0) is 67.7 Å². The standard InChI is InChI=1S/C26H28ClFN4O3S2/c27-25-4-2-21(36-25)9-14-37(34,35)30-16-18-6-11-32(17-18)26(33)19-7-12-31(13-8-19)24-5-10-29-23-3-1-20(28)15-22(23)24/h1-5,9-10,14-15,18-19,30H,6-8,11-13,16-17H2/b14-9+/t18-/m1/s1. The molecule has 1 N–H and O–H groups in total. The molecule has 1 atom stereocenters. The highest BCUT2D eigenvalue weighted by molar-refractivity contribution is 7.92.